The maximum absolute atomic E-state index is 13.4. The Bertz CT molecular complexity index is 1230. The molecule has 7 nitrogen and oxygen atoms in total. The molecule has 2 aliphatic heterocycles. The van der Waals surface area contributed by atoms with Crippen LogP contribution in [-0.4, -0.2) is 43.7 Å². The summed E-state index contributed by atoms with van der Waals surface area (Å²) in [6, 6.07) is 13.0. The second kappa shape index (κ2) is 9.39. The molecule has 2 heterocycles. The summed E-state index contributed by atoms with van der Waals surface area (Å²) in [5.74, 6) is 0.0166. The monoisotopic (exact) mass is 495 g/mol. The number of amides is 2. The van der Waals surface area contributed by atoms with Gasteiger partial charge in [-0.2, -0.15) is 4.31 Å². The lowest BCUT2D eigenvalue weighted by atomic mass is 9.97. The smallest absolute Gasteiger partial charge is 0.243 e. The van der Waals surface area contributed by atoms with Crippen molar-refractivity contribution < 1.29 is 18.0 Å². The molecule has 2 amide bonds. The van der Waals surface area contributed by atoms with Gasteiger partial charge in [-0.25, -0.2) is 8.42 Å². The summed E-state index contributed by atoms with van der Waals surface area (Å²) >= 11 is 0. The second-order valence-corrected chi connectivity index (χ2v) is 12.0. The number of rotatable bonds is 6. The van der Waals surface area contributed by atoms with E-state index in [0.29, 0.717) is 32.4 Å². The average molecular weight is 496 g/mol. The second-order valence-electron chi connectivity index (χ2n) is 10.0. The van der Waals surface area contributed by atoms with Crippen LogP contribution in [0, 0.1) is 11.8 Å². The molecule has 1 atom stereocenters. The maximum Gasteiger partial charge on any atom is 0.243 e. The number of carbonyl (C=O) groups is 2. The van der Waals surface area contributed by atoms with Gasteiger partial charge < -0.3 is 10.2 Å². The number of hydrogen-bond donors (Lipinski definition) is 1. The summed E-state index contributed by atoms with van der Waals surface area (Å²) in [6.07, 6.45) is 4.49. The van der Waals surface area contributed by atoms with Crippen LogP contribution in [0.3, 0.4) is 0 Å². The lowest BCUT2D eigenvalue weighted by Crippen LogP contribution is -2.41. The van der Waals surface area contributed by atoms with Gasteiger partial charge in [0.15, 0.2) is 0 Å². The summed E-state index contributed by atoms with van der Waals surface area (Å²) in [5.41, 5.74) is 3.74. The molecular formula is C27H33N3O4S. The van der Waals surface area contributed by atoms with Crippen LogP contribution >= 0.6 is 0 Å². The number of nitrogens with one attached hydrogen (secondary N) is 1. The van der Waals surface area contributed by atoms with Gasteiger partial charge in [0.25, 0.3) is 0 Å². The fourth-order valence-corrected chi connectivity index (χ4v) is 6.73. The zero-order valence-electron chi connectivity index (χ0n) is 20.4. The first-order valence-corrected chi connectivity index (χ1v) is 14.1. The molecule has 1 saturated heterocycles. The van der Waals surface area contributed by atoms with Crippen LogP contribution in [-0.2, 0) is 32.5 Å². The molecule has 0 radical (unpaired) electrons. The average Bonchev–Trinajstić information content (AvgIpc) is 3.66. The number of hydrogen-bond acceptors (Lipinski definition) is 4. The lowest BCUT2D eigenvalue weighted by Gasteiger charge is -2.30. The summed E-state index contributed by atoms with van der Waals surface area (Å²) in [7, 11) is -3.66. The molecule has 8 heteroatoms. The minimum Gasteiger partial charge on any atom is -0.326 e. The minimum absolute atomic E-state index is 0.0449. The first-order valence-electron chi connectivity index (χ1n) is 12.6. The molecule has 2 fully saturated rings. The maximum atomic E-state index is 13.4. The van der Waals surface area contributed by atoms with E-state index >= 15 is 0 Å². The van der Waals surface area contributed by atoms with Crippen molar-refractivity contribution in [2.24, 2.45) is 11.8 Å². The Morgan fingerprint density at radius 2 is 1.66 bits per heavy atom. The Kier molecular flexibility index (Phi) is 6.44. The highest BCUT2D eigenvalue weighted by molar-refractivity contribution is 7.89. The highest BCUT2D eigenvalue weighted by atomic mass is 32.2. The molecule has 35 heavy (non-hydrogen) atoms. The van der Waals surface area contributed by atoms with Gasteiger partial charge in [0.2, 0.25) is 21.8 Å². The summed E-state index contributed by atoms with van der Waals surface area (Å²) < 4.78 is 28.2. The van der Waals surface area contributed by atoms with Crippen molar-refractivity contribution >= 4 is 33.2 Å². The molecule has 0 bridgehead atoms. The third-order valence-corrected chi connectivity index (χ3v) is 9.42. The topological polar surface area (TPSA) is 86.8 Å². The van der Waals surface area contributed by atoms with Crippen LogP contribution in [0.5, 0.6) is 0 Å². The van der Waals surface area contributed by atoms with Crippen LogP contribution < -0.4 is 10.2 Å². The first kappa shape index (κ1) is 24.0. The van der Waals surface area contributed by atoms with Crippen LogP contribution in [0.25, 0.3) is 0 Å². The van der Waals surface area contributed by atoms with E-state index in [1.807, 2.05) is 36.1 Å². The summed E-state index contributed by atoms with van der Waals surface area (Å²) in [4.78, 5) is 27.6. The Labute approximate surface area is 207 Å². The minimum atomic E-state index is -3.66. The molecule has 1 N–H and O–H groups in total. The van der Waals surface area contributed by atoms with Gasteiger partial charge >= 0.3 is 0 Å². The zero-order chi connectivity index (χ0) is 24.7. The van der Waals surface area contributed by atoms with Crippen LogP contribution in [0.15, 0.2) is 47.4 Å². The molecular weight excluding hydrogens is 462 g/mol. The van der Waals surface area contributed by atoms with E-state index < -0.39 is 10.0 Å². The Morgan fingerprint density at radius 3 is 2.29 bits per heavy atom. The SMILES string of the molecule is CCc1ccc(NC(=O)C2CCN(S(=O)(=O)c3ccc4c(c3)CC(C)N4C(=O)C3CC3)CC2)cc1. The number of aryl methyl sites for hydroxylation is 1. The van der Waals surface area contributed by atoms with Crippen molar-refractivity contribution in [1.82, 2.24) is 4.31 Å². The Balaban J connectivity index is 1.23. The lowest BCUT2D eigenvalue weighted by molar-refractivity contribution is -0.121. The van der Waals surface area contributed by atoms with E-state index in [1.165, 1.54) is 9.87 Å². The van der Waals surface area contributed by atoms with Gasteiger partial charge in [0.1, 0.15) is 0 Å². The van der Waals surface area contributed by atoms with Crippen LogP contribution in [0.4, 0.5) is 11.4 Å². The molecule has 1 unspecified atom stereocenters. The molecule has 2 aromatic rings. The molecule has 5 rings (SSSR count). The van der Waals surface area contributed by atoms with Crippen molar-refractivity contribution in [2.75, 3.05) is 23.3 Å². The molecule has 1 aliphatic carbocycles. The first-order chi connectivity index (χ1) is 16.8. The van der Waals surface area contributed by atoms with Crippen molar-refractivity contribution in [2.45, 2.75) is 63.3 Å². The van der Waals surface area contributed by atoms with Gasteiger partial charge in [-0.05, 0) is 86.9 Å². The number of benzene rings is 2. The molecule has 0 aromatic heterocycles. The van der Waals surface area contributed by atoms with Gasteiger partial charge in [-0.15, -0.1) is 0 Å². The third kappa shape index (κ3) is 4.74. The van der Waals surface area contributed by atoms with Gasteiger partial charge in [-0.1, -0.05) is 19.1 Å². The largest absolute Gasteiger partial charge is 0.326 e. The standard InChI is InChI=1S/C27H33N3O4S/c1-3-19-4-8-23(9-5-19)28-26(31)20-12-14-29(15-13-20)35(33,34)24-10-11-25-22(17-24)16-18(2)30(25)27(32)21-6-7-21/h4-5,8-11,17-18,20-21H,3,6-7,12-16H2,1-2H3,(H,28,31). The van der Waals surface area contributed by atoms with E-state index in [-0.39, 0.29) is 34.6 Å². The predicted molar refractivity (Wildman–Crippen MR) is 136 cm³/mol. The van der Waals surface area contributed by atoms with E-state index in [4.69, 9.17) is 0 Å². The van der Waals surface area contributed by atoms with Crippen molar-refractivity contribution in [3.8, 4) is 0 Å². The van der Waals surface area contributed by atoms with E-state index in [2.05, 4.69) is 12.2 Å². The Morgan fingerprint density at radius 1 is 0.971 bits per heavy atom. The quantitative estimate of drug-likeness (QED) is 0.657. The predicted octanol–water partition coefficient (Wildman–Crippen LogP) is 3.98. The van der Waals surface area contributed by atoms with E-state index in [1.54, 1.807) is 18.2 Å². The van der Waals surface area contributed by atoms with Gasteiger partial charge in [0.05, 0.1) is 4.90 Å². The molecule has 1 saturated carbocycles. The number of sulfonamides is 1. The fourth-order valence-electron chi connectivity index (χ4n) is 5.21. The molecule has 0 spiro atoms. The van der Waals surface area contributed by atoms with Gasteiger partial charge in [0, 0.05) is 42.3 Å². The third-order valence-electron chi connectivity index (χ3n) is 7.52. The van der Waals surface area contributed by atoms with E-state index in [9.17, 15) is 18.0 Å². The highest BCUT2D eigenvalue weighted by Crippen LogP contribution is 2.40. The van der Waals surface area contributed by atoms with Crippen LogP contribution in [0.2, 0.25) is 0 Å². The van der Waals surface area contributed by atoms with Crippen molar-refractivity contribution in [3.05, 3.63) is 53.6 Å². The number of nitrogens with zero attached hydrogens (tertiary/aromatic N) is 2. The molecule has 3 aliphatic rings. The van der Waals surface area contributed by atoms with Crippen LogP contribution in [0.1, 0.15) is 50.7 Å². The normalized spacial score (nSPS) is 21.1. The van der Waals surface area contributed by atoms with Gasteiger partial charge in [-0.3, -0.25) is 9.59 Å². The van der Waals surface area contributed by atoms with E-state index in [0.717, 1.165) is 36.2 Å². The molecule has 2 aromatic carbocycles. The highest BCUT2D eigenvalue weighted by Gasteiger charge is 2.40. The zero-order valence-corrected chi connectivity index (χ0v) is 21.2. The number of piperidine rings is 1. The van der Waals surface area contributed by atoms with Crippen molar-refractivity contribution in [1.29, 1.82) is 0 Å². The van der Waals surface area contributed by atoms with Crippen molar-refractivity contribution in [3.63, 3.8) is 0 Å². The molecule has 186 valence electrons. The summed E-state index contributed by atoms with van der Waals surface area (Å²) in [6.45, 7) is 4.73. The summed E-state index contributed by atoms with van der Waals surface area (Å²) in [5, 5.41) is 2.97. The Hall–Kier alpha value is -2.71. The number of carbonyl (C=O) groups excluding carboxylic acids is 2. The fraction of sp³-hybridized carbons (Fsp3) is 0.481. The number of fused-ring (bicyclic) bond motifs is 1. The number of anilines is 2.